The molecule has 2 atom stereocenters. The molecule has 1 heterocycles. The molecule has 1 saturated heterocycles. The van der Waals surface area contributed by atoms with Gasteiger partial charge in [0.05, 0.1) is 23.7 Å². The SMILES string of the molecule is N#CC[C@H]1CS(=O)(=O)CC[C@@H]1O. The smallest absolute Gasteiger partial charge is 0.150 e. The second-order valence-electron chi connectivity index (χ2n) is 3.09. The van der Waals surface area contributed by atoms with E-state index in [1.165, 1.54) is 0 Å². The van der Waals surface area contributed by atoms with Crippen LogP contribution in [-0.2, 0) is 9.84 Å². The summed E-state index contributed by atoms with van der Waals surface area (Å²) in [5, 5.41) is 17.7. The second kappa shape index (κ2) is 3.42. The normalized spacial score (nSPS) is 34.0. The van der Waals surface area contributed by atoms with Gasteiger partial charge in [0.2, 0.25) is 0 Å². The molecular weight excluding hydrogens is 178 g/mol. The Hall–Kier alpha value is -0.600. The van der Waals surface area contributed by atoms with Gasteiger partial charge in [0.1, 0.15) is 0 Å². The lowest BCUT2D eigenvalue weighted by atomic mass is 9.99. The molecule has 12 heavy (non-hydrogen) atoms. The van der Waals surface area contributed by atoms with E-state index < -0.39 is 15.9 Å². The molecule has 0 aliphatic carbocycles. The van der Waals surface area contributed by atoms with E-state index >= 15 is 0 Å². The van der Waals surface area contributed by atoms with Gasteiger partial charge in [0, 0.05) is 12.3 Å². The molecule has 0 radical (unpaired) electrons. The van der Waals surface area contributed by atoms with Crippen LogP contribution in [0.25, 0.3) is 0 Å². The van der Waals surface area contributed by atoms with Crippen LogP contribution in [-0.4, -0.2) is 31.1 Å². The monoisotopic (exact) mass is 189 g/mol. The fraction of sp³-hybridized carbons (Fsp3) is 0.857. The van der Waals surface area contributed by atoms with Gasteiger partial charge in [-0.15, -0.1) is 0 Å². The van der Waals surface area contributed by atoms with E-state index in [0.717, 1.165) is 0 Å². The highest BCUT2D eigenvalue weighted by Gasteiger charge is 2.31. The van der Waals surface area contributed by atoms with Crippen LogP contribution in [0.2, 0.25) is 0 Å². The standard InChI is InChI=1S/C7H11NO3S/c8-3-1-6-5-12(10,11)4-2-7(6)9/h6-7,9H,1-2,4-5H2/t6-,7-/m0/s1. The summed E-state index contributed by atoms with van der Waals surface area (Å²) in [4.78, 5) is 0. The van der Waals surface area contributed by atoms with Crippen molar-refractivity contribution in [3.05, 3.63) is 0 Å². The Morgan fingerprint density at radius 1 is 1.58 bits per heavy atom. The van der Waals surface area contributed by atoms with E-state index in [2.05, 4.69) is 0 Å². The first kappa shape index (κ1) is 9.49. The summed E-state index contributed by atoms with van der Waals surface area (Å²) < 4.78 is 22.1. The number of aliphatic hydroxyl groups excluding tert-OH is 1. The molecule has 0 aromatic heterocycles. The molecule has 68 valence electrons. The largest absolute Gasteiger partial charge is 0.393 e. The van der Waals surface area contributed by atoms with Crippen LogP contribution in [0.4, 0.5) is 0 Å². The van der Waals surface area contributed by atoms with Crippen molar-refractivity contribution >= 4 is 9.84 Å². The minimum atomic E-state index is -3.00. The zero-order valence-corrected chi connectivity index (χ0v) is 7.42. The van der Waals surface area contributed by atoms with Crippen molar-refractivity contribution in [1.29, 1.82) is 5.26 Å². The maximum atomic E-state index is 11.1. The van der Waals surface area contributed by atoms with Gasteiger partial charge in [-0.3, -0.25) is 0 Å². The van der Waals surface area contributed by atoms with Gasteiger partial charge in [-0.25, -0.2) is 8.42 Å². The zero-order valence-electron chi connectivity index (χ0n) is 6.60. The lowest BCUT2D eigenvalue weighted by Crippen LogP contribution is -2.36. The molecule has 0 spiro atoms. The van der Waals surface area contributed by atoms with E-state index in [1.807, 2.05) is 6.07 Å². The van der Waals surface area contributed by atoms with Crippen molar-refractivity contribution in [2.24, 2.45) is 5.92 Å². The van der Waals surface area contributed by atoms with Gasteiger partial charge in [-0.1, -0.05) is 0 Å². The quantitative estimate of drug-likeness (QED) is 0.614. The van der Waals surface area contributed by atoms with Gasteiger partial charge in [0.25, 0.3) is 0 Å². The minimum absolute atomic E-state index is 0.0400. The molecule has 0 aromatic carbocycles. The highest BCUT2D eigenvalue weighted by Crippen LogP contribution is 2.21. The van der Waals surface area contributed by atoms with Crippen molar-refractivity contribution in [2.75, 3.05) is 11.5 Å². The van der Waals surface area contributed by atoms with Crippen LogP contribution in [0.3, 0.4) is 0 Å². The fourth-order valence-corrected chi connectivity index (χ4v) is 3.13. The van der Waals surface area contributed by atoms with Crippen LogP contribution < -0.4 is 0 Å². The summed E-state index contributed by atoms with van der Waals surface area (Å²) in [6.07, 6.45) is -0.220. The lowest BCUT2D eigenvalue weighted by Gasteiger charge is -2.25. The van der Waals surface area contributed by atoms with E-state index in [-0.39, 0.29) is 30.3 Å². The maximum Gasteiger partial charge on any atom is 0.150 e. The molecule has 0 bridgehead atoms. The topological polar surface area (TPSA) is 78.2 Å². The van der Waals surface area contributed by atoms with E-state index in [4.69, 9.17) is 5.26 Å². The number of nitrogens with zero attached hydrogens (tertiary/aromatic N) is 1. The zero-order chi connectivity index (χ0) is 9.19. The average Bonchev–Trinajstić information content (AvgIpc) is 1.97. The second-order valence-corrected chi connectivity index (χ2v) is 5.32. The molecule has 0 saturated carbocycles. The van der Waals surface area contributed by atoms with Crippen LogP contribution in [0, 0.1) is 17.2 Å². The Bertz CT molecular complexity index is 290. The van der Waals surface area contributed by atoms with E-state index in [1.54, 1.807) is 0 Å². The van der Waals surface area contributed by atoms with Crippen molar-refractivity contribution in [3.8, 4) is 6.07 Å². The third-order valence-electron chi connectivity index (χ3n) is 2.09. The van der Waals surface area contributed by atoms with Gasteiger partial charge in [-0.05, 0) is 6.42 Å². The first-order valence-corrected chi connectivity index (χ1v) is 5.63. The van der Waals surface area contributed by atoms with Crippen molar-refractivity contribution in [3.63, 3.8) is 0 Å². The summed E-state index contributed by atoms with van der Waals surface area (Å²) in [6.45, 7) is 0. The summed E-state index contributed by atoms with van der Waals surface area (Å²) in [5.41, 5.74) is 0. The highest BCUT2D eigenvalue weighted by molar-refractivity contribution is 7.91. The molecule has 5 heteroatoms. The third-order valence-corrected chi connectivity index (χ3v) is 3.88. The summed E-state index contributed by atoms with van der Waals surface area (Å²) >= 11 is 0. The number of hydrogen-bond acceptors (Lipinski definition) is 4. The molecule has 4 nitrogen and oxygen atoms in total. The van der Waals surface area contributed by atoms with Crippen LogP contribution in [0.1, 0.15) is 12.8 Å². The lowest BCUT2D eigenvalue weighted by molar-refractivity contribution is 0.112. The molecule has 0 unspecified atom stereocenters. The Labute approximate surface area is 71.7 Å². The Kier molecular flexibility index (Phi) is 2.70. The van der Waals surface area contributed by atoms with Crippen molar-refractivity contribution < 1.29 is 13.5 Å². The van der Waals surface area contributed by atoms with E-state index in [0.29, 0.717) is 0 Å². The molecule has 1 N–H and O–H groups in total. The number of hydrogen-bond donors (Lipinski definition) is 1. The highest BCUT2D eigenvalue weighted by atomic mass is 32.2. The van der Waals surface area contributed by atoms with Gasteiger partial charge in [-0.2, -0.15) is 5.26 Å². The van der Waals surface area contributed by atoms with Crippen molar-refractivity contribution in [1.82, 2.24) is 0 Å². The molecule has 1 aliphatic heterocycles. The Balaban J connectivity index is 2.67. The average molecular weight is 189 g/mol. The molecule has 1 aliphatic rings. The van der Waals surface area contributed by atoms with Gasteiger partial charge in [0.15, 0.2) is 9.84 Å². The van der Waals surface area contributed by atoms with Crippen LogP contribution in [0.15, 0.2) is 0 Å². The number of sulfone groups is 1. The molecule has 0 aromatic rings. The number of nitriles is 1. The molecule has 0 amide bonds. The Morgan fingerprint density at radius 2 is 2.25 bits per heavy atom. The molecule has 1 rings (SSSR count). The molecule has 1 fully saturated rings. The van der Waals surface area contributed by atoms with Gasteiger partial charge < -0.3 is 5.11 Å². The number of aliphatic hydroxyl groups is 1. The third kappa shape index (κ3) is 2.19. The minimum Gasteiger partial charge on any atom is -0.393 e. The fourth-order valence-electron chi connectivity index (χ4n) is 1.37. The summed E-state index contributed by atoms with van der Waals surface area (Å²) in [6, 6.07) is 1.88. The first-order valence-electron chi connectivity index (χ1n) is 3.80. The van der Waals surface area contributed by atoms with Crippen molar-refractivity contribution in [2.45, 2.75) is 18.9 Å². The number of rotatable bonds is 1. The predicted octanol–water partition coefficient (Wildman–Crippen LogP) is -0.304. The maximum absolute atomic E-state index is 11.1. The van der Waals surface area contributed by atoms with Crippen LogP contribution >= 0.6 is 0 Å². The summed E-state index contributed by atoms with van der Waals surface area (Å²) in [7, 11) is -3.00. The van der Waals surface area contributed by atoms with Crippen LogP contribution in [0.5, 0.6) is 0 Å². The first-order chi connectivity index (χ1) is 5.55. The van der Waals surface area contributed by atoms with E-state index in [9.17, 15) is 13.5 Å². The predicted molar refractivity (Wildman–Crippen MR) is 43.0 cm³/mol. The van der Waals surface area contributed by atoms with Gasteiger partial charge >= 0.3 is 0 Å². The molecular formula is C7H11NO3S. The Morgan fingerprint density at radius 3 is 2.83 bits per heavy atom. The summed E-state index contributed by atoms with van der Waals surface area (Å²) in [5.74, 6) is -0.369.